The van der Waals surface area contributed by atoms with E-state index in [0.29, 0.717) is 0 Å². The zero-order chi connectivity index (χ0) is 25.0. The van der Waals surface area contributed by atoms with Crippen LogP contribution in [-0.2, 0) is 12.8 Å². The van der Waals surface area contributed by atoms with Gasteiger partial charge in [0.15, 0.2) is 0 Å². The Morgan fingerprint density at radius 2 is 0.971 bits per heavy atom. The third kappa shape index (κ3) is 12.5. The Hall–Kier alpha value is -2.76. The number of aromatic nitrogens is 2. The summed E-state index contributed by atoms with van der Waals surface area (Å²) in [6, 6.07) is 6.88. The molecule has 0 fully saturated rings. The van der Waals surface area contributed by atoms with Crippen LogP contribution in [0.15, 0.2) is 36.7 Å². The smallest absolute Gasteiger partial charge is 0.336 e. The molecule has 0 spiro atoms. The molecule has 0 aliphatic carbocycles. The van der Waals surface area contributed by atoms with Crippen LogP contribution in [0.3, 0.4) is 0 Å². The molecule has 0 amide bonds. The first-order chi connectivity index (χ1) is 16.5. The molecule has 2 N–H and O–H groups in total. The fourth-order valence-electron chi connectivity index (χ4n) is 3.95. The van der Waals surface area contributed by atoms with Crippen molar-refractivity contribution in [1.29, 1.82) is 0 Å². The van der Waals surface area contributed by atoms with Crippen LogP contribution in [0.4, 0.5) is 0 Å². The van der Waals surface area contributed by atoms with Gasteiger partial charge in [-0.3, -0.25) is 0 Å². The van der Waals surface area contributed by atoms with Gasteiger partial charge in [0.1, 0.15) is 0 Å². The minimum atomic E-state index is -1.16. The molecule has 6 heteroatoms. The maximum atomic E-state index is 11.5. The summed E-state index contributed by atoms with van der Waals surface area (Å²) in [5, 5.41) is 25.9. The molecule has 0 bridgehead atoms. The van der Waals surface area contributed by atoms with Crippen LogP contribution in [0.5, 0.6) is 0 Å². The lowest BCUT2D eigenvalue weighted by molar-refractivity contribution is 0.0651. The molecule has 0 saturated carbocycles. The van der Waals surface area contributed by atoms with E-state index < -0.39 is 11.9 Å². The number of hydrogen-bond donors (Lipinski definition) is 2. The largest absolute Gasteiger partial charge is 0.478 e. The second-order valence-electron chi connectivity index (χ2n) is 8.73. The highest BCUT2D eigenvalue weighted by Crippen LogP contribution is 2.23. The van der Waals surface area contributed by atoms with Gasteiger partial charge >= 0.3 is 11.9 Å². The number of carboxylic acid groups (broad SMARTS) is 2. The molecular formula is C28H42N2O4. The Bertz CT molecular complexity index is 745. The number of nitrogens with zero attached hydrogens (tertiary/aromatic N) is 2. The van der Waals surface area contributed by atoms with Gasteiger partial charge < -0.3 is 10.2 Å². The van der Waals surface area contributed by atoms with E-state index in [9.17, 15) is 19.8 Å². The Kier molecular flexibility index (Phi) is 16.1. The van der Waals surface area contributed by atoms with Crippen molar-refractivity contribution in [3.63, 3.8) is 0 Å². The fraction of sp³-hybridized carbons (Fsp3) is 0.571. The first kappa shape index (κ1) is 29.3. The predicted molar refractivity (Wildman–Crippen MR) is 137 cm³/mol. The Balaban J connectivity index is 0.000000830. The maximum Gasteiger partial charge on any atom is 0.336 e. The molecule has 34 heavy (non-hydrogen) atoms. The average molecular weight is 471 g/mol. The van der Waals surface area contributed by atoms with Crippen LogP contribution in [0.1, 0.15) is 123 Å². The standard InChI is InChI=1S/C24H38O4.C4H4N2/c1-3-5-7-9-11-13-15-19-17-21(23(25)26)22(24(27)28)18-20(19)16-14-12-10-8-6-4-2;1-2-4-6-5-3-1/h17-18H,3-16H2,1-2H3,(H,25,26)(H,27,28);1-4H. The average Bonchev–Trinajstić information content (AvgIpc) is 2.85. The maximum absolute atomic E-state index is 11.5. The molecule has 0 unspecified atom stereocenters. The van der Waals surface area contributed by atoms with Gasteiger partial charge in [-0.15, -0.1) is 0 Å². The summed E-state index contributed by atoms with van der Waals surface area (Å²) in [6.07, 6.45) is 19.2. The van der Waals surface area contributed by atoms with E-state index in [1.807, 2.05) is 12.1 Å². The van der Waals surface area contributed by atoms with Crippen LogP contribution >= 0.6 is 0 Å². The van der Waals surface area contributed by atoms with Crippen molar-refractivity contribution in [1.82, 2.24) is 10.2 Å². The van der Waals surface area contributed by atoms with E-state index in [4.69, 9.17) is 0 Å². The number of aryl methyl sites for hydroxylation is 2. The van der Waals surface area contributed by atoms with E-state index >= 15 is 0 Å². The third-order valence-corrected chi connectivity index (χ3v) is 5.88. The second kappa shape index (κ2) is 18.6. The third-order valence-electron chi connectivity index (χ3n) is 5.88. The molecule has 6 nitrogen and oxygen atoms in total. The summed E-state index contributed by atoms with van der Waals surface area (Å²) < 4.78 is 0. The predicted octanol–water partition coefficient (Wildman–Crippen LogP) is 7.37. The summed E-state index contributed by atoms with van der Waals surface area (Å²) in [7, 11) is 0. The van der Waals surface area contributed by atoms with Crippen molar-refractivity contribution in [2.24, 2.45) is 0 Å². The second-order valence-corrected chi connectivity index (χ2v) is 8.73. The van der Waals surface area contributed by atoms with Gasteiger partial charge in [0.25, 0.3) is 0 Å². The molecule has 0 aliphatic rings. The number of unbranched alkanes of at least 4 members (excludes halogenated alkanes) is 10. The van der Waals surface area contributed by atoms with Crippen molar-refractivity contribution in [2.75, 3.05) is 0 Å². The van der Waals surface area contributed by atoms with Crippen LogP contribution < -0.4 is 0 Å². The van der Waals surface area contributed by atoms with Crippen LogP contribution in [0.25, 0.3) is 0 Å². The highest BCUT2D eigenvalue weighted by Gasteiger charge is 2.19. The molecule has 0 atom stereocenters. The van der Waals surface area contributed by atoms with Gasteiger partial charge in [-0.25, -0.2) is 9.59 Å². The number of carboxylic acids is 2. The molecule has 2 rings (SSSR count). The monoisotopic (exact) mass is 470 g/mol. The topological polar surface area (TPSA) is 100 Å². The summed E-state index contributed by atoms with van der Waals surface area (Å²) in [4.78, 5) is 23.1. The summed E-state index contributed by atoms with van der Waals surface area (Å²) >= 11 is 0. The van der Waals surface area contributed by atoms with Gasteiger partial charge in [0, 0.05) is 12.4 Å². The normalized spacial score (nSPS) is 10.4. The van der Waals surface area contributed by atoms with Gasteiger partial charge in [0.05, 0.1) is 11.1 Å². The lowest BCUT2D eigenvalue weighted by Gasteiger charge is -2.13. The minimum absolute atomic E-state index is 0.0832. The quantitative estimate of drug-likeness (QED) is 0.248. The van der Waals surface area contributed by atoms with Gasteiger partial charge in [-0.05, 0) is 61.1 Å². The first-order valence-electron chi connectivity index (χ1n) is 12.8. The summed E-state index contributed by atoms with van der Waals surface area (Å²) in [5.74, 6) is -2.32. The number of aromatic carboxylic acids is 2. The summed E-state index contributed by atoms with van der Waals surface area (Å²) in [5.41, 5.74) is 1.87. The van der Waals surface area contributed by atoms with E-state index in [-0.39, 0.29) is 11.1 Å². The minimum Gasteiger partial charge on any atom is -0.478 e. The first-order valence-corrected chi connectivity index (χ1v) is 12.8. The SMILES string of the molecule is CCCCCCCCc1cc(C(=O)O)c(C(=O)O)cc1CCCCCCCC.c1ccnnc1. The summed E-state index contributed by atoms with van der Waals surface area (Å²) in [6.45, 7) is 4.40. The van der Waals surface area contributed by atoms with Crippen LogP contribution in [0, 0.1) is 0 Å². The molecule has 1 heterocycles. The van der Waals surface area contributed by atoms with Gasteiger partial charge in [-0.2, -0.15) is 10.2 Å². The Labute approximate surface area is 204 Å². The van der Waals surface area contributed by atoms with E-state index in [1.165, 1.54) is 51.4 Å². The van der Waals surface area contributed by atoms with E-state index in [2.05, 4.69) is 24.0 Å². The molecule has 1 aromatic carbocycles. The Morgan fingerprint density at radius 1 is 0.618 bits per heavy atom. The van der Waals surface area contributed by atoms with Crippen molar-refractivity contribution < 1.29 is 19.8 Å². The van der Waals surface area contributed by atoms with Crippen molar-refractivity contribution in [3.05, 3.63) is 58.9 Å². The highest BCUT2D eigenvalue weighted by atomic mass is 16.4. The van der Waals surface area contributed by atoms with E-state index in [1.54, 1.807) is 24.5 Å². The van der Waals surface area contributed by atoms with E-state index in [0.717, 1.165) is 49.7 Å². The Morgan fingerprint density at radius 3 is 1.26 bits per heavy atom. The molecule has 0 saturated heterocycles. The molecule has 0 aliphatic heterocycles. The molecule has 0 radical (unpaired) electrons. The molecular weight excluding hydrogens is 428 g/mol. The molecule has 188 valence electrons. The van der Waals surface area contributed by atoms with Crippen molar-refractivity contribution in [2.45, 2.75) is 104 Å². The fourth-order valence-corrected chi connectivity index (χ4v) is 3.95. The number of rotatable bonds is 16. The number of benzene rings is 1. The lowest BCUT2D eigenvalue weighted by atomic mass is 9.91. The molecule has 2 aromatic rings. The van der Waals surface area contributed by atoms with Gasteiger partial charge in [-0.1, -0.05) is 78.1 Å². The number of hydrogen-bond acceptors (Lipinski definition) is 4. The van der Waals surface area contributed by atoms with Crippen LogP contribution in [0.2, 0.25) is 0 Å². The highest BCUT2D eigenvalue weighted by molar-refractivity contribution is 6.02. The zero-order valence-corrected chi connectivity index (χ0v) is 21.0. The zero-order valence-electron chi connectivity index (χ0n) is 21.0. The molecule has 1 aromatic heterocycles. The lowest BCUT2D eigenvalue weighted by Crippen LogP contribution is -2.11. The van der Waals surface area contributed by atoms with Crippen LogP contribution in [-0.4, -0.2) is 32.3 Å². The number of carbonyl (C=O) groups is 2. The van der Waals surface area contributed by atoms with Crippen molar-refractivity contribution >= 4 is 11.9 Å². The van der Waals surface area contributed by atoms with Gasteiger partial charge in [0.2, 0.25) is 0 Å². The van der Waals surface area contributed by atoms with Crippen molar-refractivity contribution in [3.8, 4) is 0 Å².